The average molecular weight is 466 g/mol. The first kappa shape index (κ1) is 21.7. The monoisotopic (exact) mass is 465 g/mol. The van der Waals surface area contributed by atoms with E-state index in [1.54, 1.807) is 4.57 Å². The van der Waals surface area contributed by atoms with E-state index in [0.717, 1.165) is 36.9 Å². The largest absolute Gasteiger partial charge is 0.486 e. The molecule has 7 nitrogen and oxygen atoms in total. The number of rotatable bonds is 5. The molecular weight excluding hydrogens is 438 g/mol. The van der Waals surface area contributed by atoms with E-state index in [2.05, 4.69) is 10.3 Å². The zero-order valence-corrected chi connectivity index (χ0v) is 19.1. The van der Waals surface area contributed by atoms with Crippen LogP contribution in [0.25, 0.3) is 10.9 Å². The SMILES string of the molecule is O=C(NC[C@H]1COc2ccccc2O1)C1CCC(Cn2c(=S)[nH]c3ccccc3c2=O)CC1. The number of nitrogens with zero attached hydrogens (tertiary/aromatic N) is 1. The molecule has 0 spiro atoms. The summed E-state index contributed by atoms with van der Waals surface area (Å²) in [6.45, 7) is 1.43. The van der Waals surface area contributed by atoms with Crippen molar-refractivity contribution in [3.05, 3.63) is 63.7 Å². The number of ether oxygens (including phenoxy) is 2. The summed E-state index contributed by atoms with van der Waals surface area (Å²) in [6.07, 6.45) is 3.20. The normalized spacial score (nSPS) is 22.1. The van der Waals surface area contributed by atoms with Crippen molar-refractivity contribution in [2.24, 2.45) is 11.8 Å². The molecule has 2 heterocycles. The topological polar surface area (TPSA) is 85.3 Å². The zero-order chi connectivity index (χ0) is 22.8. The molecule has 0 saturated heterocycles. The van der Waals surface area contributed by atoms with E-state index in [0.29, 0.717) is 41.5 Å². The molecule has 0 bridgehead atoms. The number of nitrogens with one attached hydrogen (secondary N) is 2. The number of carbonyl (C=O) groups excluding carboxylic acids is 1. The third kappa shape index (κ3) is 4.66. The first-order valence-corrected chi connectivity index (χ1v) is 11.9. The molecule has 33 heavy (non-hydrogen) atoms. The zero-order valence-electron chi connectivity index (χ0n) is 18.3. The van der Waals surface area contributed by atoms with Gasteiger partial charge in [0.25, 0.3) is 5.56 Å². The number of benzene rings is 2. The van der Waals surface area contributed by atoms with Gasteiger partial charge in [-0.2, -0.15) is 0 Å². The second-order valence-electron chi connectivity index (χ2n) is 8.85. The summed E-state index contributed by atoms with van der Waals surface area (Å²) in [5.41, 5.74) is 0.713. The fraction of sp³-hybridized carbons (Fsp3) is 0.400. The highest BCUT2D eigenvalue weighted by Gasteiger charge is 2.28. The Balaban J connectivity index is 1.13. The lowest BCUT2D eigenvalue weighted by Gasteiger charge is -2.30. The summed E-state index contributed by atoms with van der Waals surface area (Å²) >= 11 is 5.44. The van der Waals surface area contributed by atoms with E-state index in [9.17, 15) is 9.59 Å². The lowest BCUT2D eigenvalue weighted by Crippen LogP contribution is -2.43. The summed E-state index contributed by atoms with van der Waals surface area (Å²) < 4.78 is 13.8. The van der Waals surface area contributed by atoms with Crippen LogP contribution in [-0.2, 0) is 11.3 Å². The molecule has 2 aromatic carbocycles. The molecular formula is C25H27N3O4S. The summed E-state index contributed by atoms with van der Waals surface area (Å²) in [6, 6.07) is 15.0. The predicted molar refractivity (Wildman–Crippen MR) is 128 cm³/mol. The maximum Gasteiger partial charge on any atom is 0.262 e. The van der Waals surface area contributed by atoms with Gasteiger partial charge in [0, 0.05) is 12.5 Å². The van der Waals surface area contributed by atoms with Crippen LogP contribution in [0, 0.1) is 16.6 Å². The van der Waals surface area contributed by atoms with Gasteiger partial charge in [-0.15, -0.1) is 0 Å². The molecule has 1 saturated carbocycles. The molecule has 0 radical (unpaired) electrons. The molecule has 2 N–H and O–H groups in total. The second-order valence-corrected chi connectivity index (χ2v) is 9.24. The molecule has 8 heteroatoms. The van der Waals surface area contributed by atoms with Gasteiger partial charge < -0.3 is 19.8 Å². The number of hydrogen-bond acceptors (Lipinski definition) is 5. The van der Waals surface area contributed by atoms with Crippen molar-refractivity contribution in [2.75, 3.05) is 13.2 Å². The Kier molecular flexibility index (Phi) is 6.17. The Hall–Kier alpha value is -3.13. The van der Waals surface area contributed by atoms with Crippen molar-refractivity contribution in [1.82, 2.24) is 14.9 Å². The Morgan fingerprint density at radius 1 is 1.06 bits per heavy atom. The van der Waals surface area contributed by atoms with E-state index >= 15 is 0 Å². The first-order valence-electron chi connectivity index (χ1n) is 11.5. The van der Waals surface area contributed by atoms with Crippen LogP contribution in [0.1, 0.15) is 25.7 Å². The van der Waals surface area contributed by atoms with Crippen LogP contribution in [0.5, 0.6) is 11.5 Å². The minimum absolute atomic E-state index is 0.0131. The smallest absolute Gasteiger partial charge is 0.262 e. The van der Waals surface area contributed by atoms with Gasteiger partial charge >= 0.3 is 0 Å². The molecule has 172 valence electrons. The molecule has 1 aliphatic heterocycles. The van der Waals surface area contributed by atoms with Crippen LogP contribution >= 0.6 is 12.2 Å². The standard InChI is InChI=1S/C25H27N3O4S/c29-23(26-13-18-15-31-21-7-3-4-8-22(21)32-18)17-11-9-16(10-12-17)14-28-24(30)19-5-1-2-6-20(19)27-25(28)33/h1-8,16-18H,9-15H2,(H,26,29)(H,27,33)/t16?,17?,18-/m0/s1. The maximum absolute atomic E-state index is 12.9. The highest BCUT2D eigenvalue weighted by Crippen LogP contribution is 2.32. The Bertz CT molecular complexity index is 1280. The number of aromatic nitrogens is 2. The van der Waals surface area contributed by atoms with Crippen molar-refractivity contribution in [3.63, 3.8) is 0 Å². The fourth-order valence-electron chi connectivity index (χ4n) is 4.75. The molecule has 0 unspecified atom stereocenters. The number of aromatic amines is 1. The maximum atomic E-state index is 12.9. The Labute approximate surface area is 196 Å². The summed E-state index contributed by atoms with van der Waals surface area (Å²) in [5, 5.41) is 3.68. The van der Waals surface area contributed by atoms with Crippen molar-refractivity contribution in [1.29, 1.82) is 0 Å². The van der Waals surface area contributed by atoms with E-state index in [1.807, 2.05) is 48.5 Å². The highest BCUT2D eigenvalue weighted by atomic mass is 32.1. The third-order valence-electron chi connectivity index (χ3n) is 6.62. The van der Waals surface area contributed by atoms with E-state index < -0.39 is 0 Å². The first-order chi connectivity index (χ1) is 16.1. The second kappa shape index (κ2) is 9.39. The van der Waals surface area contributed by atoms with Crippen LogP contribution < -0.4 is 20.3 Å². The van der Waals surface area contributed by atoms with Crippen molar-refractivity contribution in [3.8, 4) is 11.5 Å². The molecule has 2 aliphatic rings. The number of amides is 1. The van der Waals surface area contributed by atoms with Crippen LogP contribution in [0.15, 0.2) is 53.3 Å². The van der Waals surface area contributed by atoms with E-state index in [4.69, 9.17) is 21.7 Å². The van der Waals surface area contributed by atoms with E-state index in [1.165, 1.54) is 0 Å². The lowest BCUT2D eigenvalue weighted by atomic mass is 9.81. The molecule has 1 aromatic heterocycles. The highest BCUT2D eigenvalue weighted by molar-refractivity contribution is 7.71. The van der Waals surface area contributed by atoms with Crippen LogP contribution in [0.3, 0.4) is 0 Å². The fourth-order valence-corrected chi connectivity index (χ4v) is 5.02. The van der Waals surface area contributed by atoms with Crippen molar-refractivity contribution < 1.29 is 14.3 Å². The number of para-hydroxylation sites is 3. The van der Waals surface area contributed by atoms with Gasteiger partial charge in [0.15, 0.2) is 16.3 Å². The molecule has 3 aromatic rings. The van der Waals surface area contributed by atoms with Gasteiger partial charge in [0.05, 0.1) is 17.4 Å². The molecule has 5 rings (SSSR count). The summed E-state index contributed by atoms with van der Waals surface area (Å²) in [5.74, 6) is 1.83. The Morgan fingerprint density at radius 2 is 1.79 bits per heavy atom. The minimum atomic E-state index is -0.193. The van der Waals surface area contributed by atoms with Crippen molar-refractivity contribution in [2.45, 2.75) is 38.3 Å². The quantitative estimate of drug-likeness (QED) is 0.560. The van der Waals surface area contributed by atoms with Gasteiger partial charge in [-0.1, -0.05) is 24.3 Å². The lowest BCUT2D eigenvalue weighted by molar-refractivity contribution is -0.126. The van der Waals surface area contributed by atoms with Crippen LogP contribution in [0.4, 0.5) is 0 Å². The van der Waals surface area contributed by atoms with Crippen LogP contribution in [0.2, 0.25) is 0 Å². The number of carbonyl (C=O) groups is 1. The van der Waals surface area contributed by atoms with Gasteiger partial charge in [-0.05, 0) is 68.1 Å². The average Bonchev–Trinajstić information content (AvgIpc) is 2.85. The van der Waals surface area contributed by atoms with Gasteiger partial charge in [-0.3, -0.25) is 14.2 Å². The van der Waals surface area contributed by atoms with Gasteiger partial charge in [0.1, 0.15) is 12.7 Å². The van der Waals surface area contributed by atoms with Crippen molar-refractivity contribution >= 4 is 29.0 Å². The number of hydrogen-bond donors (Lipinski definition) is 2. The minimum Gasteiger partial charge on any atom is -0.486 e. The number of H-pyrrole nitrogens is 1. The Morgan fingerprint density at radius 3 is 2.61 bits per heavy atom. The summed E-state index contributed by atoms with van der Waals surface area (Å²) in [4.78, 5) is 28.8. The molecule has 1 amide bonds. The molecule has 1 aliphatic carbocycles. The van der Waals surface area contributed by atoms with Gasteiger partial charge in [-0.25, -0.2) is 0 Å². The van der Waals surface area contributed by atoms with Gasteiger partial charge in [0.2, 0.25) is 5.91 Å². The number of fused-ring (bicyclic) bond motifs is 2. The van der Waals surface area contributed by atoms with Crippen LogP contribution in [-0.4, -0.2) is 34.7 Å². The molecule has 1 atom stereocenters. The third-order valence-corrected chi connectivity index (χ3v) is 6.94. The van der Waals surface area contributed by atoms with E-state index in [-0.39, 0.29) is 23.5 Å². The summed E-state index contributed by atoms with van der Waals surface area (Å²) in [7, 11) is 0. The molecule has 1 fully saturated rings. The predicted octanol–water partition coefficient (Wildman–Crippen LogP) is 3.82.